The maximum atomic E-state index is 9.13. The van der Waals surface area contributed by atoms with Crippen molar-refractivity contribution < 1.29 is 5.11 Å². The number of hydrogen-bond donors (Lipinski definition) is 2. The standard InChI is InChI=1S/C12H17N3O/c1-2-7-15-11-6-4-3-5-10(11)14-12(15)9(13)8-16/h3-6,9,16H,2,7-8,13H2,1H3. The second-order valence-corrected chi connectivity index (χ2v) is 3.90. The van der Waals surface area contributed by atoms with Gasteiger partial charge in [-0.3, -0.25) is 0 Å². The number of aliphatic hydroxyl groups excluding tert-OH is 1. The molecule has 0 spiro atoms. The summed E-state index contributed by atoms with van der Waals surface area (Å²) in [6.07, 6.45) is 1.02. The van der Waals surface area contributed by atoms with Crippen LogP contribution in [0.4, 0.5) is 0 Å². The van der Waals surface area contributed by atoms with Crippen molar-refractivity contribution in [3.63, 3.8) is 0 Å². The summed E-state index contributed by atoms with van der Waals surface area (Å²) in [7, 11) is 0. The van der Waals surface area contributed by atoms with Crippen molar-refractivity contribution >= 4 is 11.0 Å². The van der Waals surface area contributed by atoms with E-state index in [0.717, 1.165) is 29.8 Å². The SMILES string of the molecule is CCCn1c(C(N)CO)nc2ccccc21. The molecular formula is C12H17N3O. The molecular weight excluding hydrogens is 202 g/mol. The van der Waals surface area contributed by atoms with Crippen LogP contribution in [-0.2, 0) is 6.54 Å². The number of fused-ring (bicyclic) bond motifs is 1. The number of rotatable bonds is 4. The Bertz CT molecular complexity index is 478. The van der Waals surface area contributed by atoms with Gasteiger partial charge in [0.2, 0.25) is 0 Å². The van der Waals surface area contributed by atoms with Crippen LogP contribution < -0.4 is 5.73 Å². The fraction of sp³-hybridized carbons (Fsp3) is 0.417. The predicted octanol–water partition coefficient (Wildman–Crippen LogP) is 1.44. The van der Waals surface area contributed by atoms with E-state index in [4.69, 9.17) is 10.8 Å². The van der Waals surface area contributed by atoms with Gasteiger partial charge in [-0.1, -0.05) is 19.1 Å². The maximum Gasteiger partial charge on any atom is 0.129 e. The molecule has 16 heavy (non-hydrogen) atoms. The molecule has 4 nitrogen and oxygen atoms in total. The fourth-order valence-corrected chi connectivity index (χ4v) is 1.92. The molecule has 2 aromatic rings. The van der Waals surface area contributed by atoms with E-state index >= 15 is 0 Å². The van der Waals surface area contributed by atoms with Gasteiger partial charge >= 0.3 is 0 Å². The summed E-state index contributed by atoms with van der Waals surface area (Å²) in [5.41, 5.74) is 7.88. The van der Waals surface area contributed by atoms with E-state index in [2.05, 4.69) is 16.5 Å². The Labute approximate surface area is 94.7 Å². The summed E-state index contributed by atoms with van der Waals surface area (Å²) in [6.45, 7) is 2.92. The van der Waals surface area contributed by atoms with Crippen molar-refractivity contribution in [1.82, 2.24) is 9.55 Å². The summed E-state index contributed by atoms with van der Waals surface area (Å²) in [5, 5.41) is 9.13. The number of aryl methyl sites for hydroxylation is 1. The van der Waals surface area contributed by atoms with Crippen LogP contribution in [0.15, 0.2) is 24.3 Å². The molecule has 0 saturated carbocycles. The highest BCUT2D eigenvalue weighted by molar-refractivity contribution is 5.76. The average Bonchev–Trinajstić information content (AvgIpc) is 2.68. The molecule has 1 aromatic carbocycles. The van der Waals surface area contributed by atoms with Crippen molar-refractivity contribution in [1.29, 1.82) is 0 Å². The van der Waals surface area contributed by atoms with Gasteiger partial charge < -0.3 is 15.4 Å². The zero-order valence-corrected chi connectivity index (χ0v) is 9.43. The molecule has 0 aliphatic rings. The Kier molecular flexibility index (Phi) is 3.22. The van der Waals surface area contributed by atoms with Gasteiger partial charge in [0.15, 0.2) is 0 Å². The van der Waals surface area contributed by atoms with E-state index < -0.39 is 6.04 Å². The molecule has 0 amide bonds. The Morgan fingerprint density at radius 1 is 1.44 bits per heavy atom. The summed E-state index contributed by atoms with van der Waals surface area (Å²) >= 11 is 0. The molecule has 1 aromatic heterocycles. The zero-order valence-electron chi connectivity index (χ0n) is 9.43. The Balaban J connectivity index is 2.58. The molecule has 3 N–H and O–H groups in total. The summed E-state index contributed by atoms with van der Waals surface area (Å²) < 4.78 is 2.09. The van der Waals surface area contributed by atoms with Crippen LogP contribution in [0.1, 0.15) is 25.2 Å². The van der Waals surface area contributed by atoms with Gasteiger partial charge in [-0.2, -0.15) is 0 Å². The topological polar surface area (TPSA) is 64.1 Å². The van der Waals surface area contributed by atoms with Crippen LogP contribution in [0.5, 0.6) is 0 Å². The monoisotopic (exact) mass is 219 g/mol. The lowest BCUT2D eigenvalue weighted by Gasteiger charge is -2.11. The average molecular weight is 219 g/mol. The Morgan fingerprint density at radius 3 is 2.88 bits per heavy atom. The highest BCUT2D eigenvalue weighted by Gasteiger charge is 2.15. The number of imidazole rings is 1. The van der Waals surface area contributed by atoms with Crippen LogP contribution in [0.2, 0.25) is 0 Å². The highest BCUT2D eigenvalue weighted by atomic mass is 16.3. The van der Waals surface area contributed by atoms with Crippen LogP contribution in [0, 0.1) is 0 Å². The Hall–Kier alpha value is -1.39. The third-order valence-electron chi connectivity index (χ3n) is 2.66. The Morgan fingerprint density at radius 2 is 2.19 bits per heavy atom. The third kappa shape index (κ3) is 1.81. The van der Waals surface area contributed by atoms with E-state index in [1.165, 1.54) is 0 Å². The van der Waals surface area contributed by atoms with E-state index in [0.29, 0.717) is 0 Å². The molecule has 1 unspecified atom stereocenters. The lowest BCUT2D eigenvalue weighted by atomic mass is 10.3. The minimum Gasteiger partial charge on any atom is -0.394 e. The van der Waals surface area contributed by atoms with Crippen molar-refractivity contribution in [2.45, 2.75) is 25.9 Å². The predicted molar refractivity (Wildman–Crippen MR) is 64.0 cm³/mol. The first-order chi connectivity index (χ1) is 7.77. The van der Waals surface area contributed by atoms with Crippen molar-refractivity contribution in [3.05, 3.63) is 30.1 Å². The molecule has 0 bridgehead atoms. The van der Waals surface area contributed by atoms with Crippen LogP contribution in [0.25, 0.3) is 11.0 Å². The fourth-order valence-electron chi connectivity index (χ4n) is 1.92. The lowest BCUT2D eigenvalue weighted by molar-refractivity contribution is 0.261. The van der Waals surface area contributed by atoms with E-state index in [1.54, 1.807) is 0 Å². The molecule has 2 rings (SSSR count). The van der Waals surface area contributed by atoms with Gasteiger partial charge in [0.05, 0.1) is 23.7 Å². The number of aliphatic hydroxyl groups is 1. The second-order valence-electron chi connectivity index (χ2n) is 3.90. The molecule has 4 heteroatoms. The number of aromatic nitrogens is 2. The van der Waals surface area contributed by atoms with Gasteiger partial charge in [0, 0.05) is 6.54 Å². The first-order valence-corrected chi connectivity index (χ1v) is 5.59. The van der Waals surface area contributed by atoms with Gasteiger partial charge in [-0.15, -0.1) is 0 Å². The normalized spacial score (nSPS) is 13.2. The molecule has 1 heterocycles. The molecule has 1 atom stereocenters. The van der Waals surface area contributed by atoms with Crippen molar-refractivity contribution in [2.75, 3.05) is 6.61 Å². The van der Waals surface area contributed by atoms with Gasteiger partial charge in [-0.25, -0.2) is 4.98 Å². The second kappa shape index (κ2) is 4.63. The summed E-state index contributed by atoms with van der Waals surface area (Å²) in [5.74, 6) is 0.769. The van der Waals surface area contributed by atoms with Crippen LogP contribution in [0.3, 0.4) is 0 Å². The van der Waals surface area contributed by atoms with Crippen LogP contribution in [-0.4, -0.2) is 21.3 Å². The minimum absolute atomic E-state index is 0.0764. The van der Waals surface area contributed by atoms with Gasteiger partial charge in [-0.05, 0) is 18.6 Å². The van der Waals surface area contributed by atoms with Gasteiger partial charge in [0.1, 0.15) is 5.82 Å². The molecule has 86 valence electrons. The molecule has 0 aliphatic heterocycles. The smallest absolute Gasteiger partial charge is 0.129 e. The molecule has 0 radical (unpaired) electrons. The van der Waals surface area contributed by atoms with Crippen LogP contribution >= 0.6 is 0 Å². The molecule has 0 fully saturated rings. The number of hydrogen-bond acceptors (Lipinski definition) is 3. The van der Waals surface area contributed by atoms with Gasteiger partial charge in [0.25, 0.3) is 0 Å². The minimum atomic E-state index is -0.404. The highest BCUT2D eigenvalue weighted by Crippen LogP contribution is 2.19. The first kappa shape index (κ1) is 11.1. The lowest BCUT2D eigenvalue weighted by Crippen LogP contribution is -2.20. The van der Waals surface area contributed by atoms with Crippen molar-refractivity contribution in [2.24, 2.45) is 5.73 Å². The quantitative estimate of drug-likeness (QED) is 0.817. The largest absolute Gasteiger partial charge is 0.394 e. The van der Waals surface area contributed by atoms with E-state index in [1.807, 2.05) is 24.3 Å². The van der Waals surface area contributed by atoms with Crippen molar-refractivity contribution in [3.8, 4) is 0 Å². The third-order valence-corrected chi connectivity index (χ3v) is 2.66. The number of nitrogens with two attached hydrogens (primary N) is 1. The molecule has 0 saturated heterocycles. The van der Waals surface area contributed by atoms with E-state index in [-0.39, 0.29) is 6.61 Å². The number of nitrogens with zero attached hydrogens (tertiary/aromatic N) is 2. The number of benzene rings is 1. The first-order valence-electron chi connectivity index (χ1n) is 5.59. The maximum absolute atomic E-state index is 9.13. The number of para-hydroxylation sites is 2. The molecule has 0 aliphatic carbocycles. The van der Waals surface area contributed by atoms with E-state index in [9.17, 15) is 0 Å². The zero-order chi connectivity index (χ0) is 11.5. The summed E-state index contributed by atoms with van der Waals surface area (Å²) in [4.78, 5) is 4.48. The summed E-state index contributed by atoms with van der Waals surface area (Å²) in [6, 6.07) is 7.55.